The molecule has 42 heavy (non-hydrogen) atoms. The molecule has 3 aliphatic heterocycles. The minimum Gasteiger partial charge on any atom is -0.444 e. The molecule has 1 aromatic heterocycles. The van der Waals surface area contributed by atoms with Crippen LogP contribution in [0.4, 0.5) is 8.78 Å². The highest BCUT2D eigenvalue weighted by atomic mass is 35.5. The van der Waals surface area contributed by atoms with E-state index in [1.807, 2.05) is 22.8 Å². The normalized spacial score (nSPS) is 22.3. The summed E-state index contributed by atoms with van der Waals surface area (Å²) in [4.78, 5) is 7.17. The van der Waals surface area contributed by atoms with Crippen molar-refractivity contribution in [2.24, 2.45) is 0 Å². The molecule has 0 N–H and O–H groups in total. The van der Waals surface area contributed by atoms with Gasteiger partial charge in [0.15, 0.2) is 11.5 Å². The molecule has 0 bridgehead atoms. The van der Waals surface area contributed by atoms with E-state index in [1.54, 1.807) is 19.1 Å². The predicted molar refractivity (Wildman–Crippen MR) is 152 cm³/mol. The number of hydrogen-bond acceptors (Lipinski definition) is 6. The number of fused-ring (bicyclic) bond motifs is 2. The van der Waals surface area contributed by atoms with E-state index in [2.05, 4.69) is 11.0 Å². The van der Waals surface area contributed by atoms with E-state index in [4.69, 9.17) is 30.8 Å². The first-order chi connectivity index (χ1) is 20.3. The molecule has 2 saturated heterocycles. The van der Waals surface area contributed by atoms with Crippen molar-refractivity contribution in [2.75, 3.05) is 19.7 Å². The van der Waals surface area contributed by atoms with Gasteiger partial charge in [0.1, 0.15) is 23.5 Å². The zero-order valence-electron chi connectivity index (χ0n) is 23.1. The topological polar surface area (TPSA) is 72.5 Å². The standard InChI is InChI=1S/C32H29ClF2N4O3/c1-32(24-6-5-21(33)14-26(24)35)41-29-4-2-3-23(31(29)42-32)19-7-10-38(11-8-19)18-30-37-27-13-20(16-36)25(34)15-28(27)39(30)17-22-9-12-40-22/h2-6,13-15,19,22H,7-12,17-18H2,1H3/t22-,32?/m0/s1. The van der Waals surface area contributed by atoms with Crippen molar-refractivity contribution in [1.29, 1.82) is 5.26 Å². The SMILES string of the molecule is CC1(c2ccc(Cl)cc2F)Oc2cccc(C3CCN(Cc4nc5cc(C#N)c(F)cc5n4C[C@@H]4CCO4)CC3)c2O1. The van der Waals surface area contributed by atoms with Crippen LogP contribution in [0, 0.1) is 23.0 Å². The Bertz CT molecular complexity index is 1730. The van der Waals surface area contributed by atoms with E-state index in [9.17, 15) is 14.0 Å². The number of rotatable bonds is 6. The average molecular weight is 591 g/mol. The molecule has 7 nitrogen and oxygen atoms in total. The number of likely N-dealkylation sites (tertiary alicyclic amines) is 1. The van der Waals surface area contributed by atoms with Crippen molar-refractivity contribution in [3.05, 3.63) is 87.7 Å². The minimum atomic E-state index is -1.29. The van der Waals surface area contributed by atoms with Crippen molar-refractivity contribution >= 4 is 22.6 Å². The van der Waals surface area contributed by atoms with Gasteiger partial charge < -0.3 is 18.8 Å². The van der Waals surface area contributed by atoms with Crippen molar-refractivity contribution in [1.82, 2.24) is 14.5 Å². The molecule has 0 radical (unpaired) electrons. The van der Waals surface area contributed by atoms with E-state index in [0.29, 0.717) is 46.2 Å². The van der Waals surface area contributed by atoms with Crippen LogP contribution in [0.5, 0.6) is 11.5 Å². The number of para-hydroxylation sites is 1. The molecule has 0 amide bonds. The quantitative estimate of drug-likeness (QED) is 0.250. The Morgan fingerprint density at radius 1 is 1.07 bits per heavy atom. The van der Waals surface area contributed by atoms with Crippen LogP contribution in [-0.2, 0) is 23.6 Å². The monoisotopic (exact) mass is 590 g/mol. The number of aromatic nitrogens is 2. The Morgan fingerprint density at radius 2 is 1.88 bits per heavy atom. The van der Waals surface area contributed by atoms with Gasteiger partial charge in [0.05, 0.1) is 41.4 Å². The summed E-state index contributed by atoms with van der Waals surface area (Å²) >= 11 is 5.96. The van der Waals surface area contributed by atoms with Gasteiger partial charge in [-0.05, 0) is 68.6 Å². The summed E-state index contributed by atoms with van der Waals surface area (Å²) in [5.74, 6) is 0.0343. The molecule has 0 spiro atoms. The molecule has 4 heterocycles. The van der Waals surface area contributed by atoms with Gasteiger partial charge in [0.2, 0.25) is 0 Å². The molecule has 1 unspecified atom stereocenters. The van der Waals surface area contributed by atoms with Gasteiger partial charge >= 0.3 is 0 Å². The lowest BCUT2D eigenvalue weighted by atomic mass is 9.88. The van der Waals surface area contributed by atoms with Crippen LogP contribution in [0.2, 0.25) is 5.02 Å². The second-order valence-electron chi connectivity index (χ2n) is 11.4. The Labute approximate surface area is 247 Å². The zero-order chi connectivity index (χ0) is 29.0. The smallest absolute Gasteiger partial charge is 0.278 e. The lowest BCUT2D eigenvalue weighted by molar-refractivity contribution is -0.0712. The first-order valence-corrected chi connectivity index (χ1v) is 14.6. The summed E-state index contributed by atoms with van der Waals surface area (Å²) in [6.45, 7) is 5.33. The van der Waals surface area contributed by atoms with Crippen LogP contribution >= 0.6 is 11.6 Å². The summed E-state index contributed by atoms with van der Waals surface area (Å²) in [6, 6.07) is 15.2. The molecule has 216 valence electrons. The Hall–Kier alpha value is -3.71. The number of nitrogens with zero attached hydrogens (tertiary/aromatic N) is 4. The van der Waals surface area contributed by atoms with E-state index < -0.39 is 17.4 Å². The van der Waals surface area contributed by atoms with Crippen LogP contribution in [0.3, 0.4) is 0 Å². The highest BCUT2D eigenvalue weighted by molar-refractivity contribution is 6.30. The summed E-state index contributed by atoms with van der Waals surface area (Å²) in [6.07, 6.45) is 2.83. The minimum absolute atomic E-state index is 0.00380. The molecular weight excluding hydrogens is 562 g/mol. The van der Waals surface area contributed by atoms with Crippen molar-refractivity contribution in [2.45, 2.75) is 57.1 Å². The fraction of sp³-hybridized carbons (Fsp3) is 0.375. The van der Waals surface area contributed by atoms with Crippen LogP contribution in [0.15, 0.2) is 48.5 Å². The number of ether oxygens (including phenoxy) is 3. The number of imidazole rings is 1. The summed E-state index contributed by atoms with van der Waals surface area (Å²) in [5, 5.41) is 9.62. The first kappa shape index (κ1) is 27.1. The molecule has 10 heteroatoms. The second-order valence-corrected chi connectivity index (χ2v) is 11.8. The molecule has 3 aromatic carbocycles. The number of halogens is 3. The fourth-order valence-electron chi connectivity index (χ4n) is 6.28. The molecule has 2 atom stereocenters. The van der Waals surface area contributed by atoms with Crippen LogP contribution < -0.4 is 9.47 Å². The maximum Gasteiger partial charge on any atom is 0.278 e. The second kappa shape index (κ2) is 10.5. The number of hydrogen-bond donors (Lipinski definition) is 0. The van der Waals surface area contributed by atoms with Gasteiger partial charge in [-0.3, -0.25) is 4.90 Å². The molecule has 4 aromatic rings. The lowest BCUT2D eigenvalue weighted by Gasteiger charge is -2.33. The van der Waals surface area contributed by atoms with Gasteiger partial charge in [-0.15, -0.1) is 0 Å². The summed E-state index contributed by atoms with van der Waals surface area (Å²) in [7, 11) is 0. The maximum atomic E-state index is 14.8. The van der Waals surface area contributed by atoms with Crippen LogP contribution in [0.25, 0.3) is 11.0 Å². The predicted octanol–water partition coefficient (Wildman–Crippen LogP) is 6.65. The third-order valence-electron chi connectivity index (χ3n) is 8.64. The van der Waals surface area contributed by atoms with Gasteiger partial charge in [0, 0.05) is 30.2 Å². The Kier molecular flexibility index (Phi) is 6.81. The van der Waals surface area contributed by atoms with E-state index in [-0.39, 0.29) is 17.6 Å². The molecule has 0 saturated carbocycles. The third-order valence-corrected chi connectivity index (χ3v) is 8.87. The fourth-order valence-corrected chi connectivity index (χ4v) is 6.44. The van der Waals surface area contributed by atoms with Crippen molar-refractivity contribution in [3.63, 3.8) is 0 Å². The maximum absolute atomic E-state index is 14.8. The van der Waals surface area contributed by atoms with Crippen molar-refractivity contribution in [3.8, 4) is 17.6 Å². The zero-order valence-corrected chi connectivity index (χ0v) is 23.8. The highest BCUT2D eigenvalue weighted by Gasteiger charge is 2.43. The summed E-state index contributed by atoms with van der Waals surface area (Å²) < 4.78 is 49.5. The molecular formula is C32H29ClF2N4O3. The van der Waals surface area contributed by atoms with E-state index in [0.717, 1.165) is 50.3 Å². The first-order valence-electron chi connectivity index (χ1n) is 14.2. The van der Waals surface area contributed by atoms with Gasteiger partial charge in [0.25, 0.3) is 5.79 Å². The molecule has 7 rings (SSSR count). The number of nitriles is 1. The van der Waals surface area contributed by atoms with E-state index in [1.165, 1.54) is 18.2 Å². The molecule has 3 aliphatic rings. The average Bonchev–Trinajstić information content (AvgIpc) is 3.46. The Balaban J connectivity index is 1.08. The largest absolute Gasteiger partial charge is 0.444 e. The highest BCUT2D eigenvalue weighted by Crippen LogP contribution is 2.50. The van der Waals surface area contributed by atoms with Crippen molar-refractivity contribution < 1.29 is 23.0 Å². The lowest BCUT2D eigenvalue weighted by Crippen LogP contribution is -2.35. The molecule has 2 fully saturated rings. The third kappa shape index (κ3) is 4.77. The van der Waals surface area contributed by atoms with Crippen LogP contribution in [-0.4, -0.2) is 40.3 Å². The van der Waals surface area contributed by atoms with Gasteiger partial charge in [-0.2, -0.15) is 5.26 Å². The van der Waals surface area contributed by atoms with Crippen LogP contribution in [0.1, 0.15) is 54.6 Å². The van der Waals surface area contributed by atoms with Gasteiger partial charge in [-0.25, -0.2) is 13.8 Å². The number of benzene rings is 3. The van der Waals surface area contributed by atoms with Gasteiger partial charge in [-0.1, -0.05) is 23.7 Å². The Morgan fingerprint density at radius 3 is 2.60 bits per heavy atom. The summed E-state index contributed by atoms with van der Waals surface area (Å²) in [5.41, 5.74) is 2.65. The van der Waals surface area contributed by atoms with E-state index >= 15 is 0 Å². The molecule has 0 aliphatic carbocycles. The number of piperidine rings is 1.